The zero-order valence-electron chi connectivity index (χ0n) is 6.78. The lowest BCUT2D eigenvalue weighted by Crippen LogP contribution is -1.99. The van der Waals surface area contributed by atoms with Gasteiger partial charge in [0.1, 0.15) is 0 Å². The molecule has 65 valence electrons. The first kappa shape index (κ1) is 9.75. The molecule has 0 aliphatic heterocycles. The number of rotatable bonds is 4. The van der Waals surface area contributed by atoms with Crippen molar-refractivity contribution < 1.29 is 5.11 Å². The Morgan fingerprint density at radius 2 is 2.00 bits per heavy atom. The predicted octanol–water partition coefficient (Wildman–Crippen LogP) is 3.09. The Morgan fingerprint density at radius 1 is 1.33 bits per heavy atom. The molecule has 0 amide bonds. The molecule has 0 aliphatic rings. The number of benzene rings is 1. The van der Waals surface area contributed by atoms with Crippen LogP contribution in [0, 0.1) is 6.61 Å². The van der Waals surface area contributed by atoms with Gasteiger partial charge in [-0.25, -0.2) is 0 Å². The molecule has 0 saturated heterocycles. The highest BCUT2D eigenvalue weighted by molar-refractivity contribution is 9.09. The van der Waals surface area contributed by atoms with E-state index in [1.165, 1.54) is 12.2 Å². The summed E-state index contributed by atoms with van der Waals surface area (Å²) in [5, 5.41) is 9.57. The molecule has 2 heteroatoms. The summed E-state index contributed by atoms with van der Waals surface area (Å²) in [4.78, 5) is 0. The summed E-state index contributed by atoms with van der Waals surface area (Å²) in [6.45, 7) is 1.22. The van der Waals surface area contributed by atoms with Crippen LogP contribution < -0.4 is 0 Å². The molecule has 0 saturated carbocycles. The van der Waals surface area contributed by atoms with Gasteiger partial charge in [0.15, 0.2) is 0 Å². The Morgan fingerprint density at radius 3 is 2.50 bits per heavy atom. The van der Waals surface area contributed by atoms with Gasteiger partial charge >= 0.3 is 0 Å². The minimum Gasteiger partial charge on any atom is -0.390 e. The Balaban J connectivity index is 2.66. The molecule has 12 heavy (non-hydrogen) atoms. The van der Waals surface area contributed by atoms with Crippen LogP contribution in [0.2, 0.25) is 0 Å². The van der Waals surface area contributed by atoms with Crippen LogP contribution in [0.1, 0.15) is 17.9 Å². The molecule has 1 atom stereocenters. The van der Waals surface area contributed by atoms with E-state index < -0.39 is 0 Å². The average molecular weight is 228 g/mol. The molecule has 0 spiro atoms. The number of halogens is 1. The maximum atomic E-state index is 8.68. The van der Waals surface area contributed by atoms with Crippen LogP contribution in [-0.4, -0.2) is 10.4 Å². The standard InChI is InChI=1S/C10H12BrO/c11-8-10(6-7-12)9-4-2-1-3-5-9/h1-5,7,10,12H,6,8H2. The van der Waals surface area contributed by atoms with Crippen molar-refractivity contribution in [3.63, 3.8) is 0 Å². The number of alkyl halides is 1. The SMILES string of the molecule is O[CH]CC(CBr)c1ccccc1. The largest absolute Gasteiger partial charge is 0.390 e. The summed E-state index contributed by atoms with van der Waals surface area (Å²) in [6.07, 6.45) is 0.704. The fraction of sp³-hybridized carbons (Fsp3) is 0.300. The molecule has 1 aromatic rings. The topological polar surface area (TPSA) is 20.2 Å². The number of hydrogen-bond donors (Lipinski definition) is 1. The van der Waals surface area contributed by atoms with Crippen molar-refractivity contribution in [2.75, 3.05) is 5.33 Å². The highest BCUT2D eigenvalue weighted by Gasteiger charge is 2.07. The third-order valence-electron chi connectivity index (χ3n) is 1.85. The highest BCUT2D eigenvalue weighted by Crippen LogP contribution is 2.21. The van der Waals surface area contributed by atoms with Crippen molar-refractivity contribution in [3.05, 3.63) is 42.5 Å². The third-order valence-corrected chi connectivity index (χ3v) is 2.63. The molecule has 0 aromatic heterocycles. The summed E-state index contributed by atoms with van der Waals surface area (Å²) < 4.78 is 0. The van der Waals surface area contributed by atoms with E-state index in [9.17, 15) is 0 Å². The van der Waals surface area contributed by atoms with Crippen molar-refractivity contribution in [3.8, 4) is 0 Å². The maximum Gasteiger partial charge on any atom is 0.0805 e. The van der Waals surface area contributed by atoms with Gasteiger partial charge in [-0.3, -0.25) is 0 Å². The molecule has 0 bridgehead atoms. The van der Waals surface area contributed by atoms with E-state index in [0.717, 1.165) is 5.33 Å². The van der Waals surface area contributed by atoms with E-state index in [1.54, 1.807) is 0 Å². The smallest absolute Gasteiger partial charge is 0.0805 e. The van der Waals surface area contributed by atoms with Gasteiger partial charge in [-0.05, 0) is 17.9 Å². The van der Waals surface area contributed by atoms with Gasteiger partial charge in [0.05, 0.1) is 6.61 Å². The molecular weight excluding hydrogens is 216 g/mol. The van der Waals surface area contributed by atoms with Crippen LogP contribution in [0.3, 0.4) is 0 Å². The fourth-order valence-electron chi connectivity index (χ4n) is 1.14. The summed E-state index contributed by atoms with van der Waals surface area (Å²) in [5.74, 6) is 0.385. The van der Waals surface area contributed by atoms with E-state index in [-0.39, 0.29) is 0 Å². The second-order valence-electron chi connectivity index (χ2n) is 2.68. The molecule has 1 radical (unpaired) electrons. The Hall–Kier alpha value is -0.340. The molecule has 1 aromatic carbocycles. The van der Waals surface area contributed by atoms with Crippen molar-refractivity contribution in [2.24, 2.45) is 0 Å². The molecule has 0 aliphatic carbocycles. The van der Waals surface area contributed by atoms with E-state index in [2.05, 4.69) is 28.1 Å². The quantitative estimate of drug-likeness (QED) is 0.785. The summed E-state index contributed by atoms with van der Waals surface area (Å²) in [7, 11) is 0. The van der Waals surface area contributed by atoms with Crippen LogP contribution >= 0.6 is 15.9 Å². The lowest BCUT2D eigenvalue weighted by Gasteiger charge is -2.11. The van der Waals surface area contributed by atoms with Crippen LogP contribution in [-0.2, 0) is 0 Å². The van der Waals surface area contributed by atoms with Gasteiger partial charge in [0, 0.05) is 5.33 Å². The first-order valence-electron chi connectivity index (χ1n) is 3.95. The van der Waals surface area contributed by atoms with Gasteiger partial charge < -0.3 is 5.11 Å². The average Bonchev–Trinajstić information content (AvgIpc) is 2.15. The lowest BCUT2D eigenvalue weighted by atomic mass is 9.98. The summed E-state index contributed by atoms with van der Waals surface area (Å²) in [6, 6.07) is 10.2. The van der Waals surface area contributed by atoms with Crippen molar-refractivity contribution in [1.29, 1.82) is 0 Å². The molecule has 0 heterocycles. The zero-order valence-corrected chi connectivity index (χ0v) is 8.37. The van der Waals surface area contributed by atoms with Crippen molar-refractivity contribution in [1.82, 2.24) is 0 Å². The second-order valence-corrected chi connectivity index (χ2v) is 3.33. The molecular formula is C10H12BrO. The van der Waals surface area contributed by atoms with Crippen LogP contribution in [0.5, 0.6) is 0 Å². The van der Waals surface area contributed by atoms with E-state index in [0.29, 0.717) is 12.3 Å². The highest BCUT2D eigenvalue weighted by atomic mass is 79.9. The lowest BCUT2D eigenvalue weighted by molar-refractivity contribution is 0.365. The molecule has 1 nitrogen and oxygen atoms in total. The monoisotopic (exact) mass is 227 g/mol. The Kier molecular flexibility index (Phi) is 4.33. The summed E-state index contributed by atoms with van der Waals surface area (Å²) >= 11 is 3.42. The van der Waals surface area contributed by atoms with Gasteiger partial charge in [-0.2, -0.15) is 0 Å². The van der Waals surface area contributed by atoms with Gasteiger partial charge in [0.25, 0.3) is 0 Å². The van der Waals surface area contributed by atoms with Crippen LogP contribution in [0.15, 0.2) is 30.3 Å². The Labute approximate surface area is 81.6 Å². The first-order chi connectivity index (χ1) is 5.88. The minimum absolute atomic E-state index is 0.385. The van der Waals surface area contributed by atoms with Gasteiger partial charge in [0.2, 0.25) is 0 Å². The normalized spacial score (nSPS) is 12.8. The number of aliphatic hydroxyl groups is 1. The van der Waals surface area contributed by atoms with Gasteiger partial charge in [-0.15, -0.1) is 0 Å². The van der Waals surface area contributed by atoms with E-state index in [4.69, 9.17) is 5.11 Å². The number of hydrogen-bond acceptors (Lipinski definition) is 1. The Bertz CT molecular complexity index is 210. The molecule has 0 fully saturated rings. The van der Waals surface area contributed by atoms with Crippen molar-refractivity contribution in [2.45, 2.75) is 12.3 Å². The molecule has 1 rings (SSSR count). The third kappa shape index (κ3) is 2.61. The molecule has 1 unspecified atom stereocenters. The minimum atomic E-state index is 0.385. The van der Waals surface area contributed by atoms with E-state index >= 15 is 0 Å². The second kappa shape index (κ2) is 5.33. The molecule has 1 N–H and O–H groups in total. The summed E-state index contributed by atoms with van der Waals surface area (Å²) in [5.41, 5.74) is 1.26. The maximum absolute atomic E-state index is 8.68. The van der Waals surface area contributed by atoms with Gasteiger partial charge in [-0.1, -0.05) is 46.3 Å². The van der Waals surface area contributed by atoms with Crippen LogP contribution in [0.25, 0.3) is 0 Å². The first-order valence-corrected chi connectivity index (χ1v) is 5.07. The predicted molar refractivity (Wildman–Crippen MR) is 53.8 cm³/mol. The fourth-order valence-corrected chi connectivity index (χ4v) is 1.78. The zero-order chi connectivity index (χ0) is 8.81. The van der Waals surface area contributed by atoms with Crippen molar-refractivity contribution >= 4 is 15.9 Å². The number of aliphatic hydroxyl groups excluding tert-OH is 1. The van der Waals surface area contributed by atoms with E-state index in [1.807, 2.05) is 18.2 Å². The van der Waals surface area contributed by atoms with Crippen LogP contribution in [0.4, 0.5) is 0 Å².